The lowest BCUT2D eigenvalue weighted by molar-refractivity contribution is -0.384. The molecule has 118 valence electrons. The molecule has 0 aliphatic carbocycles. The van der Waals surface area contributed by atoms with E-state index in [-0.39, 0.29) is 5.69 Å². The second kappa shape index (κ2) is 5.70. The molecule has 0 unspecified atom stereocenters. The lowest BCUT2D eigenvalue weighted by Gasteiger charge is -1.93. The number of hydrogen-bond donors (Lipinski definition) is 0. The summed E-state index contributed by atoms with van der Waals surface area (Å²) in [7, 11) is 0. The number of fused-ring (bicyclic) bond motifs is 1. The Labute approximate surface area is 144 Å². The van der Waals surface area contributed by atoms with Gasteiger partial charge in [-0.15, -0.1) is 11.3 Å². The van der Waals surface area contributed by atoms with Gasteiger partial charge >= 0.3 is 0 Å². The van der Waals surface area contributed by atoms with Crippen LogP contribution in [-0.4, -0.2) is 15.1 Å². The minimum absolute atomic E-state index is 0.00928. The molecule has 0 radical (unpaired) electrons. The molecule has 0 atom stereocenters. The van der Waals surface area contributed by atoms with Crippen LogP contribution in [0.1, 0.15) is 0 Å². The fourth-order valence-corrected chi connectivity index (χ4v) is 3.75. The van der Waals surface area contributed by atoms with Crippen LogP contribution >= 0.6 is 22.9 Å². The zero-order valence-electron chi connectivity index (χ0n) is 12.0. The molecular weight excluding hydrogens is 350 g/mol. The van der Waals surface area contributed by atoms with Gasteiger partial charge in [-0.3, -0.25) is 10.1 Å². The topological polar surface area (TPSA) is 82.1 Å². The van der Waals surface area contributed by atoms with Gasteiger partial charge in [0.2, 0.25) is 5.82 Å². The average molecular weight is 358 g/mol. The van der Waals surface area contributed by atoms with Crippen molar-refractivity contribution < 1.29 is 9.45 Å². The van der Waals surface area contributed by atoms with E-state index in [2.05, 4.69) is 10.1 Å². The van der Waals surface area contributed by atoms with Gasteiger partial charge in [0.15, 0.2) is 0 Å². The summed E-state index contributed by atoms with van der Waals surface area (Å²) in [5.41, 5.74) is 0.642. The highest BCUT2D eigenvalue weighted by Crippen LogP contribution is 2.41. The molecule has 0 aliphatic heterocycles. The van der Waals surface area contributed by atoms with Crippen LogP contribution in [0, 0.1) is 10.1 Å². The van der Waals surface area contributed by atoms with Crippen molar-refractivity contribution in [2.75, 3.05) is 0 Å². The van der Waals surface area contributed by atoms with Crippen molar-refractivity contribution in [3.8, 4) is 22.2 Å². The maximum absolute atomic E-state index is 10.7. The highest BCUT2D eigenvalue weighted by molar-refractivity contribution is 7.23. The molecule has 8 heteroatoms. The maximum Gasteiger partial charge on any atom is 0.269 e. The Kier molecular flexibility index (Phi) is 3.51. The summed E-state index contributed by atoms with van der Waals surface area (Å²) in [5, 5.41) is 16.2. The van der Waals surface area contributed by atoms with Crippen LogP contribution < -0.4 is 0 Å². The Bertz CT molecular complexity index is 1060. The summed E-state index contributed by atoms with van der Waals surface area (Å²) in [4.78, 5) is 15.3. The van der Waals surface area contributed by atoms with Gasteiger partial charge in [-0.05, 0) is 18.2 Å². The van der Waals surface area contributed by atoms with E-state index < -0.39 is 4.92 Å². The predicted molar refractivity (Wildman–Crippen MR) is 92.2 cm³/mol. The molecule has 0 bridgehead atoms. The SMILES string of the molecule is O=[N+]([O-])c1ccc(-c2noc(-c3sc4ccccc4c3Cl)n2)cc1. The van der Waals surface area contributed by atoms with E-state index in [4.69, 9.17) is 16.1 Å². The fraction of sp³-hybridized carbons (Fsp3) is 0. The number of nitro benzene ring substituents is 1. The third-order valence-electron chi connectivity index (χ3n) is 3.49. The van der Waals surface area contributed by atoms with Gasteiger partial charge in [0.1, 0.15) is 4.88 Å². The van der Waals surface area contributed by atoms with Crippen LogP contribution in [-0.2, 0) is 0 Å². The number of halogens is 1. The van der Waals surface area contributed by atoms with E-state index in [1.807, 2.05) is 24.3 Å². The van der Waals surface area contributed by atoms with Crippen molar-refractivity contribution in [1.82, 2.24) is 10.1 Å². The molecule has 0 fully saturated rings. The molecule has 24 heavy (non-hydrogen) atoms. The smallest absolute Gasteiger partial charge is 0.269 e. The van der Waals surface area contributed by atoms with Crippen LogP contribution in [0.4, 0.5) is 5.69 Å². The summed E-state index contributed by atoms with van der Waals surface area (Å²) in [6.45, 7) is 0. The number of hydrogen-bond acceptors (Lipinski definition) is 6. The van der Waals surface area contributed by atoms with Crippen molar-refractivity contribution in [3.63, 3.8) is 0 Å². The second-order valence-electron chi connectivity index (χ2n) is 4.97. The number of nitro groups is 1. The van der Waals surface area contributed by atoms with Gasteiger partial charge in [0, 0.05) is 27.8 Å². The number of aromatic nitrogens is 2. The van der Waals surface area contributed by atoms with Crippen LogP contribution in [0.15, 0.2) is 53.1 Å². The molecule has 0 saturated carbocycles. The average Bonchev–Trinajstić information content (AvgIpc) is 3.20. The van der Waals surface area contributed by atoms with E-state index in [0.717, 1.165) is 10.1 Å². The molecular formula is C16H8ClN3O3S. The largest absolute Gasteiger partial charge is 0.333 e. The molecule has 4 aromatic rings. The molecule has 2 aromatic carbocycles. The Morgan fingerprint density at radius 1 is 1.12 bits per heavy atom. The molecule has 0 spiro atoms. The standard InChI is InChI=1S/C16H8ClN3O3S/c17-13-11-3-1-2-4-12(11)24-14(13)16-18-15(19-23-16)9-5-7-10(8-6-9)20(21)22/h1-8H. The Balaban J connectivity index is 1.73. The number of non-ortho nitro benzene ring substituents is 1. The highest BCUT2D eigenvalue weighted by atomic mass is 35.5. The molecule has 6 nitrogen and oxygen atoms in total. The van der Waals surface area contributed by atoms with Crippen molar-refractivity contribution in [3.05, 3.63) is 63.7 Å². The lowest BCUT2D eigenvalue weighted by Crippen LogP contribution is -1.87. The number of benzene rings is 2. The summed E-state index contributed by atoms with van der Waals surface area (Å²) < 4.78 is 6.36. The van der Waals surface area contributed by atoms with Gasteiger partial charge in [-0.25, -0.2) is 0 Å². The molecule has 0 N–H and O–H groups in total. The van der Waals surface area contributed by atoms with Gasteiger partial charge < -0.3 is 4.52 Å². The minimum Gasteiger partial charge on any atom is -0.333 e. The van der Waals surface area contributed by atoms with Gasteiger partial charge in [0.05, 0.1) is 9.95 Å². The van der Waals surface area contributed by atoms with Crippen molar-refractivity contribution in [2.45, 2.75) is 0 Å². The third-order valence-corrected chi connectivity index (χ3v) is 5.15. The highest BCUT2D eigenvalue weighted by Gasteiger charge is 2.18. The Hall–Kier alpha value is -2.77. The van der Waals surface area contributed by atoms with Gasteiger partial charge in [0.25, 0.3) is 11.6 Å². The lowest BCUT2D eigenvalue weighted by atomic mass is 10.2. The van der Waals surface area contributed by atoms with Gasteiger partial charge in [-0.2, -0.15) is 4.98 Å². The molecule has 0 saturated heterocycles. The minimum atomic E-state index is -0.456. The van der Waals surface area contributed by atoms with Gasteiger partial charge in [-0.1, -0.05) is 35.0 Å². The quantitative estimate of drug-likeness (QED) is 0.372. The van der Waals surface area contributed by atoms with E-state index in [9.17, 15) is 10.1 Å². The predicted octanol–water partition coefficient (Wildman–Crippen LogP) is 5.18. The van der Waals surface area contributed by atoms with E-state index in [1.165, 1.54) is 23.5 Å². The molecule has 4 rings (SSSR count). The summed E-state index contributed by atoms with van der Waals surface area (Å²) in [6, 6.07) is 13.7. The van der Waals surface area contributed by atoms with Crippen molar-refractivity contribution in [2.24, 2.45) is 0 Å². The summed E-state index contributed by atoms with van der Waals surface area (Å²) >= 11 is 7.88. The van der Waals surface area contributed by atoms with Crippen LogP contribution in [0.25, 0.3) is 32.2 Å². The van der Waals surface area contributed by atoms with Crippen LogP contribution in [0.3, 0.4) is 0 Å². The monoisotopic (exact) mass is 357 g/mol. The summed E-state index contributed by atoms with van der Waals surface area (Å²) in [5.74, 6) is 0.683. The van der Waals surface area contributed by atoms with E-state index >= 15 is 0 Å². The second-order valence-corrected chi connectivity index (χ2v) is 6.40. The Morgan fingerprint density at radius 3 is 2.58 bits per heavy atom. The van der Waals surface area contributed by atoms with Crippen LogP contribution in [0.5, 0.6) is 0 Å². The van der Waals surface area contributed by atoms with E-state index in [1.54, 1.807) is 12.1 Å². The first-order valence-electron chi connectivity index (χ1n) is 6.89. The zero-order chi connectivity index (χ0) is 16.7. The molecule has 2 aromatic heterocycles. The Morgan fingerprint density at radius 2 is 1.88 bits per heavy atom. The maximum atomic E-state index is 10.7. The van der Waals surface area contributed by atoms with Crippen LogP contribution in [0.2, 0.25) is 5.02 Å². The first-order valence-corrected chi connectivity index (χ1v) is 8.09. The third kappa shape index (κ3) is 2.44. The molecule has 0 aliphatic rings. The first-order chi connectivity index (χ1) is 11.6. The molecule has 2 heterocycles. The number of rotatable bonds is 3. The van der Waals surface area contributed by atoms with E-state index in [0.29, 0.717) is 27.2 Å². The fourth-order valence-electron chi connectivity index (χ4n) is 2.32. The zero-order valence-corrected chi connectivity index (χ0v) is 13.5. The van der Waals surface area contributed by atoms with Crippen molar-refractivity contribution >= 4 is 38.7 Å². The molecule has 0 amide bonds. The number of nitrogens with zero attached hydrogens (tertiary/aromatic N) is 3. The number of thiophene rings is 1. The summed E-state index contributed by atoms with van der Waals surface area (Å²) in [6.07, 6.45) is 0. The van der Waals surface area contributed by atoms with Crippen molar-refractivity contribution in [1.29, 1.82) is 0 Å². The normalized spacial score (nSPS) is 11.0. The first kappa shape index (κ1) is 14.8.